The SMILES string of the molecule is CC(C)(C)c1cc(C([Si](C)(C)C)[Si](C)(C)C)[c]([Ge]/[C](=[C](\[Ge][c]2c(C([Si](C)(C)C)[Si](C)(C)C)cc(C(C)(C)C)cc2C([Si](C)(C)C)[Si](C)(C)C)c2ccccc2)c2ccccc2)c(C([Si](C)(C)C)[Si](C)(C)C)c1.[Se].[Se][Se]. The van der Waals surface area contributed by atoms with Crippen molar-refractivity contribution >= 4 is 159 Å². The van der Waals surface area contributed by atoms with Crippen molar-refractivity contribution in [3.63, 3.8) is 0 Å². The van der Waals surface area contributed by atoms with Crippen LogP contribution in [0.3, 0.4) is 0 Å². The van der Waals surface area contributed by atoms with E-state index in [9.17, 15) is 0 Å². The van der Waals surface area contributed by atoms with E-state index in [0.29, 0.717) is 20.7 Å². The topological polar surface area (TPSA) is 0 Å². The first kappa shape index (κ1) is 72.1. The number of rotatable bonds is 18. The first-order valence-corrected chi connectivity index (χ1v) is 65.2. The molecule has 0 atom stereocenters. The fourth-order valence-corrected chi connectivity index (χ4v) is 75.5. The van der Waals surface area contributed by atoms with Gasteiger partial charge in [-0.25, -0.2) is 0 Å². The molecule has 0 saturated heterocycles. The standard InChI is InChI=1S/C62H108Ge2Si8.Se2.Se/c1-61(2,3)47-41-49(57(65(7,8)9)66(10,11)12)55(50(42-47)58(67(13,14)15)68(16,17)18)63-53(45-37-33-31-34-38-45)54(46-39-35-32-36-40-46)64-56-51(59(69(19,20)21)70(22,23)24)43-48(62(4,5)6)44-52(56)60(71(25,26)27)72(28,29)30;1-2;/h31-44,57-60H,1-30H3;;/b54-53-;;. The first-order valence-electron chi connectivity index (χ1n) is 28.0. The number of hydrogen-bond acceptors (Lipinski definition) is 0. The second-order valence-corrected chi connectivity index (χ2v) is 83.0. The molecule has 414 valence electrons. The van der Waals surface area contributed by atoms with Crippen LogP contribution in [0.25, 0.3) is 8.81 Å². The summed E-state index contributed by atoms with van der Waals surface area (Å²) in [7, 11) is -13.8. The second-order valence-electron chi connectivity index (χ2n) is 33.0. The van der Waals surface area contributed by atoms with E-state index in [1.807, 2.05) is 8.79 Å². The third-order valence-electron chi connectivity index (χ3n) is 15.2. The van der Waals surface area contributed by atoms with E-state index in [1.165, 1.54) is 11.1 Å². The Morgan fingerprint density at radius 3 is 0.653 bits per heavy atom. The maximum atomic E-state index is 2.84. The van der Waals surface area contributed by atoms with E-state index in [-0.39, 0.29) is 27.9 Å². The van der Waals surface area contributed by atoms with Crippen LogP contribution in [-0.4, -0.2) is 141 Å². The van der Waals surface area contributed by atoms with Gasteiger partial charge >= 0.3 is 501 Å². The van der Waals surface area contributed by atoms with Gasteiger partial charge in [0.2, 0.25) is 0 Å². The van der Waals surface area contributed by atoms with Crippen LogP contribution in [0.15, 0.2) is 84.9 Å². The molecule has 0 aliphatic heterocycles. The van der Waals surface area contributed by atoms with Crippen LogP contribution in [0.5, 0.6) is 0 Å². The molecule has 4 rings (SSSR count). The van der Waals surface area contributed by atoms with E-state index in [2.05, 4.69) is 312 Å². The van der Waals surface area contributed by atoms with Crippen molar-refractivity contribution in [2.24, 2.45) is 0 Å². The maximum absolute atomic E-state index is 2.84. The fourth-order valence-electron chi connectivity index (χ4n) is 14.4. The van der Waals surface area contributed by atoms with Gasteiger partial charge in [0.1, 0.15) is 0 Å². The van der Waals surface area contributed by atoms with Crippen LogP contribution in [0, 0.1) is 0 Å². The number of benzene rings is 4. The summed E-state index contributed by atoms with van der Waals surface area (Å²) >= 11 is 3.21. The molecule has 0 amide bonds. The average molecular weight is 1460 g/mol. The minimum atomic E-state index is -1.73. The zero-order valence-electron chi connectivity index (χ0n) is 53.6. The molecule has 0 unspecified atom stereocenters. The molecule has 0 aliphatic carbocycles. The molecular weight excluding hydrogens is 1350 g/mol. The molecule has 0 nitrogen and oxygen atoms in total. The molecule has 8 radical (unpaired) electrons. The van der Waals surface area contributed by atoms with Crippen LogP contribution in [-0.2, 0) is 10.8 Å². The fraction of sp³-hybridized carbons (Fsp3) is 0.581. The van der Waals surface area contributed by atoms with Crippen molar-refractivity contribution in [2.45, 2.75) is 230 Å². The molecule has 0 fully saturated rings. The molecule has 0 spiro atoms. The average Bonchev–Trinajstić information content (AvgIpc) is 3.17. The normalized spacial score (nSPS) is 14.3. The first-order chi connectivity index (χ1) is 33.1. The van der Waals surface area contributed by atoms with Gasteiger partial charge in [-0.05, 0) is 0 Å². The summed E-state index contributed by atoms with van der Waals surface area (Å²) in [5.41, 5.74) is 13.4. The van der Waals surface area contributed by atoms with E-state index < -0.39 is 95.5 Å². The Hall–Kier alpha value is 0.999. The van der Waals surface area contributed by atoms with Crippen LogP contribution < -0.4 is 8.79 Å². The van der Waals surface area contributed by atoms with Gasteiger partial charge in [-0.15, -0.1) is 0 Å². The summed E-state index contributed by atoms with van der Waals surface area (Å²) < 4.78 is 7.16. The van der Waals surface area contributed by atoms with Crippen LogP contribution in [0.4, 0.5) is 0 Å². The second kappa shape index (κ2) is 26.3. The molecular formula is C62H108Ge2Se3Si8. The Bertz CT molecular complexity index is 2190. The van der Waals surface area contributed by atoms with Crippen molar-refractivity contribution in [3.8, 4) is 0 Å². The summed E-state index contributed by atoms with van der Waals surface area (Å²) in [6.07, 6.45) is 0. The van der Waals surface area contributed by atoms with Gasteiger partial charge in [-0.3, -0.25) is 0 Å². The molecule has 0 N–H and O–H groups in total. The van der Waals surface area contributed by atoms with Gasteiger partial charge in [0, 0.05) is 17.1 Å². The van der Waals surface area contributed by atoms with E-state index in [0.717, 1.165) is 0 Å². The summed E-state index contributed by atoms with van der Waals surface area (Å²) in [6, 6.07) is 35.5. The van der Waals surface area contributed by atoms with E-state index in [1.54, 1.807) is 42.2 Å². The summed E-state index contributed by atoms with van der Waals surface area (Å²) in [5.74, 6) is 0. The number of hydrogen-bond donors (Lipinski definition) is 0. The third-order valence-corrected chi connectivity index (χ3v) is 60.2. The molecule has 13 heteroatoms. The van der Waals surface area contributed by atoms with E-state index in [4.69, 9.17) is 0 Å². The van der Waals surface area contributed by atoms with Gasteiger partial charge in [0.25, 0.3) is 0 Å². The third kappa shape index (κ3) is 19.0. The quantitative estimate of drug-likeness (QED) is 0.0688. The monoisotopic (exact) mass is 1460 g/mol. The minimum absolute atomic E-state index is 0. The Balaban J connectivity index is 0.00000634. The molecule has 75 heavy (non-hydrogen) atoms. The van der Waals surface area contributed by atoms with Gasteiger partial charge in [-0.2, -0.15) is 0 Å². The predicted octanol–water partition coefficient (Wildman–Crippen LogP) is 17.4. The van der Waals surface area contributed by atoms with Gasteiger partial charge in [0.05, 0.1) is 0 Å². The zero-order valence-corrected chi connectivity index (χ0v) is 71.0. The van der Waals surface area contributed by atoms with Crippen molar-refractivity contribution in [1.82, 2.24) is 0 Å². The molecule has 0 aromatic heterocycles. The van der Waals surface area contributed by atoms with E-state index >= 15 is 0 Å². The van der Waals surface area contributed by atoms with Crippen LogP contribution >= 0.6 is 0 Å². The van der Waals surface area contributed by atoms with Gasteiger partial charge in [0.15, 0.2) is 0 Å². The summed E-state index contributed by atoms with van der Waals surface area (Å²) in [5, 5.41) is 2.64. The molecule has 0 saturated carbocycles. The Labute approximate surface area is 512 Å². The summed E-state index contributed by atoms with van der Waals surface area (Å²) in [6.45, 7) is 80.3. The molecule has 0 bridgehead atoms. The zero-order chi connectivity index (χ0) is 57.6. The van der Waals surface area contributed by atoms with Crippen molar-refractivity contribution in [2.75, 3.05) is 0 Å². The van der Waals surface area contributed by atoms with Crippen molar-refractivity contribution in [3.05, 3.63) is 129 Å². The van der Waals surface area contributed by atoms with Crippen molar-refractivity contribution in [1.29, 1.82) is 0 Å². The molecule has 4 aromatic rings. The molecule has 0 aliphatic rings. The summed E-state index contributed by atoms with van der Waals surface area (Å²) in [4.78, 5) is 0. The molecule has 0 heterocycles. The predicted molar refractivity (Wildman–Crippen MR) is 376 cm³/mol. The van der Waals surface area contributed by atoms with Crippen LogP contribution in [0.1, 0.15) is 107 Å². The van der Waals surface area contributed by atoms with Gasteiger partial charge < -0.3 is 0 Å². The Morgan fingerprint density at radius 2 is 0.507 bits per heavy atom. The molecule has 4 aromatic carbocycles. The Morgan fingerprint density at radius 1 is 0.333 bits per heavy atom. The Kier molecular flexibility index (Phi) is 25.3. The van der Waals surface area contributed by atoms with Crippen LogP contribution in [0.2, 0.25) is 157 Å². The van der Waals surface area contributed by atoms with Gasteiger partial charge in [-0.1, -0.05) is 0 Å². The van der Waals surface area contributed by atoms with Crippen molar-refractivity contribution < 1.29 is 0 Å².